The van der Waals surface area contributed by atoms with Gasteiger partial charge in [0.1, 0.15) is 11.4 Å². The van der Waals surface area contributed by atoms with E-state index in [1.54, 1.807) is 13.0 Å². The summed E-state index contributed by atoms with van der Waals surface area (Å²) in [4.78, 5) is 28.9. The molecule has 10 nitrogen and oxygen atoms in total. The van der Waals surface area contributed by atoms with Gasteiger partial charge in [0.15, 0.2) is 5.75 Å². The van der Waals surface area contributed by atoms with Crippen LogP contribution in [0.4, 0.5) is 18.9 Å². The van der Waals surface area contributed by atoms with E-state index in [4.69, 9.17) is 11.6 Å². The Morgan fingerprint density at radius 2 is 1.97 bits per heavy atom. The van der Waals surface area contributed by atoms with Crippen molar-refractivity contribution in [3.63, 3.8) is 0 Å². The zero-order chi connectivity index (χ0) is 22.6. The van der Waals surface area contributed by atoms with Gasteiger partial charge in [-0.2, -0.15) is 0 Å². The first-order valence-electron chi connectivity index (χ1n) is 8.67. The molecule has 0 spiro atoms. The van der Waals surface area contributed by atoms with Gasteiger partial charge in [-0.25, -0.2) is 5.53 Å². The number of pyridine rings is 1. The number of nitrogens with one attached hydrogen (secondary N) is 4. The van der Waals surface area contributed by atoms with Gasteiger partial charge in [0.2, 0.25) is 5.96 Å². The zero-order valence-corrected chi connectivity index (χ0v) is 16.5. The smallest absolute Gasteiger partial charge is 0.404 e. The minimum atomic E-state index is -5.06. The zero-order valence-electron chi connectivity index (χ0n) is 15.7. The third kappa shape index (κ3) is 5.32. The number of nitrogens with zero attached hydrogens (tertiary/aromatic N) is 3. The largest absolute Gasteiger partial charge is 0.573 e. The highest BCUT2D eigenvalue weighted by molar-refractivity contribution is 6.37. The lowest BCUT2D eigenvalue weighted by molar-refractivity contribution is -0.274. The van der Waals surface area contributed by atoms with Crippen LogP contribution in [0.3, 0.4) is 0 Å². The second-order valence-corrected chi connectivity index (χ2v) is 6.25. The number of ether oxygens (including phenoxy) is 1. The van der Waals surface area contributed by atoms with Crippen LogP contribution in [0.5, 0.6) is 5.75 Å². The summed E-state index contributed by atoms with van der Waals surface area (Å²) in [5.74, 6) is -2.31. The summed E-state index contributed by atoms with van der Waals surface area (Å²) in [5.41, 5.74) is 4.24. The minimum absolute atomic E-state index is 0.0811. The van der Waals surface area contributed by atoms with E-state index in [1.165, 1.54) is 23.3 Å². The Morgan fingerprint density at radius 1 is 1.19 bits per heavy atom. The number of carbonyl (C=O) groups is 2. The Bertz CT molecular complexity index is 1020. The Balaban J connectivity index is 1.94. The van der Waals surface area contributed by atoms with Gasteiger partial charge in [0.05, 0.1) is 10.6 Å². The minimum Gasteiger partial charge on any atom is -0.404 e. The summed E-state index contributed by atoms with van der Waals surface area (Å²) < 4.78 is 42.4. The average Bonchev–Trinajstić information content (AvgIpc) is 3.17. The first kappa shape index (κ1) is 22.1. The fourth-order valence-corrected chi connectivity index (χ4v) is 2.77. The first-order valence-corrected chi connectivity index (χ1v) is 9.05. The molecule has 164 valence electrons. The third-order valence-electron chi connectivity index (χ3n) is 3.85. The fraction of sp³-hybridized carbons (Fsp3) is 0.176. The summed E-state index contributed by atoms with van der Waals surface area (Å²) in [7, 11) is 0. The Kier molecular flexibility index (Phi) is 6.46. The van der Waals surface area contributed by atoms with E-state index in [1.807, 2.05) is 0 Å². The lowest BCUT2D eigenvalue weighted by atomic mass is 10.1. The molecule has 4 N–H and O–H groups in total. The van der Waals surface area contributed by atoms with Crippen molar-refractivity contribution in [1.82, 2.24) is 26.4 Å². The number of anilines is 1. The van der Waals surface area contributed by atoms with Crippen LogP contribution in [0.2, 0.25) is 5.02 Å². The summed E-state index contributed by atoms with van der Waals surface area (Å²) in [5, 5.41) is 9.48. The number of alkyl halides is 3. The molecule has 2 amide bonds. The highest BCUT2D eigenvalue weighted by atomic mass is 35.5. The van der Waals surface area contributed by atoms with Crippen molar-refractivity contribution in [3.8, 4) is 5.75 Å². The quantitative estimate of drug-likeness (QED) is 0.543. The summed E-state index contributed by atoms with van der Waals surface area (Å²) in [6, 6.07) is 6.32. The van der Waals surface area contributed by atoms with Crippen molar-refractivity contribution >= 4 is 35.1 Å². The van der Waals surface area contributed by atoms with Crippen molar-refractivity contribution in [3.05, 3.63) is 52.8 Å². The molecule has 0 unspecified atom stereocenters. The van der Waals surface area contributed by atoms with E-state index in [9.17, 15) is 22.8 Å². The molecular weight excluding hydrogens is 443 g/mol. The van der Waals surface area contributed by atoms with Crippen molar-refractivity contribution < 1.29 is 27.5 Å². The van der Waals surface area contributed by atoms with Crippen LogP contribution in [-0.2, 0) is 0 Å². The maximum absolute atomic E-state index is 12.8. The number of hydrogen-bond donors (Lipinski definition) is 4. The molecule has 0 atom stereocenters. The van der Waals surface area contributed by atoms with Crippen LogP contribution in [0.1, 0.15) is 27.8 Å². The standard InChI is InChI=1S/C17H15ClF3N7O3/c1-2-28-16(25-26-27-28)24-14(29)9-6-7-11(31-17(19,20)21)13(12(9)18)23-15(30)10-5-3-4-8-22-10/h3-8,26-27H,2H2,1H3,(H,23,30)(H,24,25,29). The maximum Gasteiger partial charge on any atom is 0.573 e. The molecular formula is C17H15ClF3N7O3. The van der Waals surface area contributed by atoms with Crippen LogP contribution >= 0.6 is 11.6 Å². The second kappa shape index (κ2) is 9.06. The molecule has 0 aliphatic carbocycles. The number of hydrazine groups is 2. The first-order chi connectivity index (χ1) is 14.7. The number of benzene rings is 1. The van der Waals surface area contributed by atoms with Crippen molar-refractivity contribution in [2.75, 3.05) is 11.9 Å². The molecule has 1 aliphatic rings. The lowest BCUT2D eigenvalue weighted by Crippen LogP contribution is -2.47. The Labute approximate surface area is 178 Å². The molecule has 0 fully saturated rings. The topological polar surface area (TPSA) is 120 Å². The molecule has 1 aliphatic heterocycles. The highest BCUT2D eigenvalue weighted by Gasteiger charge is 2.34. The molecule has 0 bridgehead atoms. The molecule has 1 aromatic carbocycles. The number of hydrogen-bond acceptors (Lipinski definition) is 8. The number of guanidine groups is 1. The second-order valence-electron chi connectivity index (χ2n) is 5.87. The molecule has 0 saturated heterocycles. The number of aromatic nitrogens is 1. The van der Waals surface area contributed by atoms with Crippen LogP contribution in [0.25, 0.3) is 0 Å². The van der Waals surface area contributed by atoms with Crippen LogP contribution in [0.15, 0.2) is 41.6 Å². The van der Waals surface area contributed by atoms with E-state index in [0.717, 1.165) is 12.1 Å². The maximum atomic E-state index is 12.8. The van der Waals surface area contributed by atoms with Gasteiger partial charge >= 0.3 is 6.36 Å². The van der Waals surface area contributed by atoms with Gasteiger partial charge in [-0.15, -0.1) is 23.8 Å². The van der Waals surface area contributed by atoms with Crippen LogP contribution in [0, 0.1) is 0 Å². The van der Waals surface area contributed by atoms with E-state index in [0.29, 0.717) is 6.54 Å². The molecule has 31 heavy (non-hydrogen) atoms. The van der Waals surface area contributed by atoms with Gasteiger partial charge < -0.3 is 10.1 Å². The van der Waals surface area contributed by atoms with Gasteiger partial charge in [-0.3, -0.25) is 24.9 Å². The SMILES string of the molecule is CCN1NNN=C1NC(=O)c1ccc(OC(F)(F)F)c(NC(=O)c2ccccn2)c1Cl. The van der Waals surface area contributed by atoms with Gasteiger partial charge in [-0.05, 0) is 31.2 Å². The van der Waals surface area contributed by atoms with Gasteiger partial charge in [0.25, 0.3) is 11.8 Å². The highest BCUT2D eigenvalue weighted by Crippen LogP contribution is 2.38. The normalized spacial score (nSPS) is 13.3. The molecule has 2 heterocycles. The number of halogens is 4. The summed E-state index contributed by atoms with van der Waals surface area (Å²) in [6.07, 6.45) is -3.73. The number of rotatable bonds is 5. The summed E-state index contributed by atoms with van der Waals surface area (Å²) >= 11 is 6.20. The predicted molar refractivity (Wildman–Crippen MR) is 104 cm³/mol. The van der Waals surface area contributed by atoms with Gasteiger partial charge in [0, 0.05) is 12.7 Å². The Hall–Kier alpha value is -3.58. The molecule has 3 rings (SSSR count). The summed E-state index contributed by atoms with van der Waals surface area (Å²) in [6.45, 7) is 2.22. The van der Waals surface area contributed by atoms with Gasteiger partial charge in [-0.1, -0.05) is 17.7 Å². The third-order valence-corrected chi connectivity index (χ3v) is 4.25. The van der Waals surface area contributed by atoms with Crippen LogP contribution in [-0.4, -0.2) is 40.7 Å². The fourth-order valence-electron chi connectivity index (χ4n) is 2.48. The van der Waals surface area contributed by atoms with E-state index in [-0.39, 0.29) is 17.2 Å². The molecule has 0 radical (unpaired) electrons. The van der Waals surface area contributed by atoms with Crippen molar-refractivity contribution in [2.24, 2.45) is 5.10 Å². The predicted octanol–water partition coefficient (Wildman–Crippen LogP) is 2.23. The molecule has 2 aromatic rings. The van der Waals surface area contributed by atoms with Crippen molar-refractivity contribution in [1.29, 1.82) is 0 Å². The monoisotopic (exact) mass is 457 g/mol. The lowest BCUT2D eigenvalue weighted by Gasteiger charge is -2.19. The van der Waals surface area contributed by atoms with Crippen molar-refractivity contribution in [2.45, 2.75) is 13.3 Å². The molecule has 14 heteroatoms. The molecule has 1 aromatic heterocycles. The number of amides is 2. The average molecular weight is 458 g/mol. The Morgan fingerprint density at radius 3 is 2.61 bits per heavy atom. The number of hydrazone groups is 1. The van der Waals surface area contributed by atoms with Crippen LogP contribution < -0.4 is 26.4 Å². The van der Waals surface area contributed by atoms with E-state index < -0.39 is 34.6 Å². The van der Waals surface area contributed by atoms with E-state index in [2.05, 4.69) is 36.5 Å². The molecule has 0 saturated carbocycles. The van der Waals surface area contributed by atoms with E-state index >= 15 is 0 Å². The number of carbonyl (C=O) groups excluding carboxylic acids is 2.